The zero-order valence-corrected chi connectivity index (χ0v) is 26.4. The van der Waals surface area contributed by atoms with Crippen LogP contribution in [0.4, 0.5) is 0 Å². The van der Waals surface area contributed by atoms with Crippen LogP contribution in [0.25, 0.3) is 0 Å². The number of ether oxygens (including phenoxy) is 1. The first kappa shape index (κ1) is 32.4. The first-order valence-corrected chi connectivity index (χ1v) is 18.1. The van der Waals surface area contributed by atoms with Crippen LogP contribution in [0.15, 0.2) is 78.9 Å². The van der Waals surface area contributed by atoms with Crippen molar-refractivity contribution in [3.05, 3.63) is 95.6 Å². The van der Waals surface area contributed by atoms with E-state index in [9.17, 15) is 13.0 Å². The molecule has 4 rings (SSSR count). The summed E-state index contributed by atoms with van der Waals surface area (Å²) in [7, 11) is -8.16. The van der Waals surface area contributed by atoms with Gasteiger partial charge in [-0.1, -0.05) is 79.9 Å². The van der Waals surface area contributed by atoms with Crippen LogP contribution in [0.3, 0.4) is 0 Å². The normalized spacial score (nSPS) is 15.4. The molecule has 0 bridgehead atoms. The Hall–Kier alpha value is -2.48. The van der Waals surface area contributed by atoms with Gasteiger partial charge in [0.05, 0.1) is 19.3 Å². The minimum atomic E-state index is -4.20. The van der Waals surface area contributed by atoms with E-state index in [1.165, 1.54) is 5.56 Å². The number of para-hydroxylation sites is 1. The Morgan fingerprint density at radius 2 is 1.50 bits per heavy atom. The summed E-state index contributed by atoms with van der Waals surface area (Å²) in [4.78, 5) is -1.38. The van der Waals surface area contributed by atoms with Crippen LogP contribution in [0.5, 0.6) is 11.5 Å². The van der Waals surface area contributed by atoms with E-state index in [0.29, 0.717) is 31.4 Å². The Labute approximate surface area is 251 Å². The molecule has 228 valence electrons. The Balaban J connectivity index is 1.45. The van der Waals surface area contributed by atoms with Crippen LogP contribution in [0.1, 0.15) is 75.5 Å². The predicted molar refractivity (Wildman–Crippen MR) is 167 cm³/mol. The lowest BCUT2D eigenvalue weighted by Crippen LogP contribution is -2.31. The quantitative estimate of drug-likeness (QED) is 0.118. The fourth-order valence-corrected chi connectivity index (χ4v) is 9.94. The lowest BCUT2D eigenvalue weighted by Gasteiger charge is -2.28. The van der Waals surface area contributed by atoms with E-state index in [0.717, 1.165) is 42.6 Å². The number of benzene rings is 3. The Morgan fingerprint density at radius 1 is 0.833 bits per heavy atom. The highest BCUT2D eigenvalue weighted by Gasteiger charge is 2.46. The summed E-state index contributed by atoms with van der Waals surface area (Å²) in [6.07, 6.45) is 5.77. The molecule has 1 aliphatic carbocycles. The van der Waals surface area contributed by atoms with Crippen molar-refractivity contribution in [3.63, 3.8) is 0 Å². The molecular formula is C33H43O7PS. The van der Waals surface area contributed by atoms with Gasteiger partial charge >= 0.3 is 7.60 Å². The summed E-state index contributed by atoms with van der Waals surface area (Å²) < 4.78 is 63.7. The van der Waals surface area contributed by atoms with E-state index in [-0.39, 0.29) is 25.7 Å². The zero-order valence-electron chi connectivity index (χ0n) is 24.7. The summed E-state index contributed by atoms with van der Waals surface area (Å²) in [6, 6.07) is 26.0. The van der Waals surface area contributed by atoms with Gasteiger partial charge in [-0.05, 0) is 80.8 Å². The molecule has 0 aromatic heterocycles. The van der Waals surface area contributed by atoms with Crippen molar-refractivity contribution in [2.75, 3.05) is 13.2 Å². The molecule has 9 heteroatoms. The van der Waals surface area contributed by atoms with E-state index in [1.54, 1.807) is 13.8 Å². The second kappa shape index (κ2) is 15.8. The highest BCUT2D eigenvalue weighted by atomic mass is 32.2. The molecule has 0 heterocycles. The van der Waals surface area contributed by atoms with Crippen molar-refractivity contribution in [1.29, 1.82) is 0 Å². The van der Waals surface area contributed by atoms with Crippen LogP contribution in [-0.4, -0.2) is 32.7 Å². The Kier molecular flexibility index (Phi) is 12.2. The molecule has 1 fully saturated rings. The van der Waals surface area contributed by atoms with E-state index >= 15 is 0 Å². The van der Waals surface area contributed by atoms with Gasteiger partial charge in [0.1, 0.15) is 11.5 Å². The minimum Gasteiger partial charge on any atom is -0.457 e. The maximum absolute atomic E-state index is 13.7. The third-order valence-electron chi connectivity index (χ3n) is 7.38. The van der Waals surface area contributed by atoms with E-state index in [1.807, 2.05) is 60.7 Å². The standard InChI is InChI=1S/C33H43O7PS/c1-3-37-41(34,38-4-2)33(42(35,36)40-30-20-9-6-10-21-30)24-14-18-28-17-13-22-31(26-28)39-32-23-12-11-19-29(32)25-27-15-7-5-8-16-27/h5,7-8,11-13,15-17,19,22-23,26,30,33H,3-4,6,9-10,14,18,20-21,24-25H2,1-2H3. The van der Waals surface area contributed by atoms with Crippen LogP contribution in [0.2, 0.25) is 0 Å². The number of rotatable bonds is 16. The molecule has 7 nitrogen and oxygen atoms in total. The summed E-state index contributed by atoms with van der Waals surface area (Å²) in [5.74, 6) is 1.49. The molecule has 0 aliphatic heterocycles. The fraction of sp³-hybridized carbons (Fsp3) is 0.455. The summed E-state index contributed by atoms with van der Waals surface area (Å²) in [6.45, 7) is 3.53. The van der Waals surface area contributed by atoms with Crippen molar-refractivity contribution >= 4 is 17.7 Å². The largest absolute Gasteiger partial charge is 0.457 e. The van der Waals surface area contributed by atoms with Gasteiger partial charge in [-0.15, -0.1) is 0 Å². The molecule has 1 unspecified atom stereocenters. The maximum Gasteiger partial charge on any atom is 0.351 e. The Morgan fingerprint density at radius 3 is 2.21 bits per heavy atom. The van der Waals surface area contributed by atoms with Gasteiger partial charge in [0, 0.05) is 6.42 Å². The van der Waals surface area contributed by atoms with Gasteiger partial charge in [0.25, 0.3) is 10.1 Å². The van der Waals surface area contributed by atoms with Gasteiger partial charge in [-0.3, -0.25) is 8.75 Å². The summed E-state index contributed by atoms with van der Waals surface area (Å²) >= 11 is 0. The van der Waals surface area contributed by atoms with Gasteiger partial charge in [-0.2, -0.15) is 8.42 Å². The topological polar surface area (TPSA) is 88.1 Å². The third-order valence-corrected chi connectivity index (χ3v) is 12.6. The number of hydrogen-bond donors (Lipinski definition) is 0. The zero-order chi connectivity index (χ0) is 29.8. The van der Waals surface area contributed by atoms with E-state index in [4.69, 9.17) is 18.0 Å². The molecule has 0 amide bonds. The lowest BCUT2D eigenvalue weighted by atomic mass is 9.98. The van der Waals surface area contributed by atoms with Crippen molar-refractivity contribution in [2.45, 2.75) is 82.7 Å². The number of aryl methyl sites for hydroxylation is 1. The molecule has 3 aromatic carbocycles. The Bertz CT molecular complexity index is 1390. The van der Waals surface area contributed by atoms with Crippen LogP contribution in [0, 0.1) is 0 Å². The first-order valence-electron chi connectivity index (χ1n) is 15.0. The van der Waals surface area contributed by atoms with Gasteiger partial charge in [-0.25, -0.2) is 0 Å². The second-order valence-corrected chi connectivity index (χ2v) is 14.9. The third kappa shape index (κ3) is 9.26. The van der Waals surface area contributed by atoms with Crippen LogP contribution >= 0.6 is 7.60 Å². The molecule has 1 atom stereocenters. The first-order chi connectivity index (χ1) is 20.3. The van der Waals surface area contributed by atoms with Crippen LogP contribution in [-0.2, 0) is 40.8 Å². The average Bonchev–Trinajstić information content (AvgIpc) is 2.97. The molecule has 0 spiro atoms. The predicted octanol–water partition coefficient (Wildman–Crippen LogP) is 8.66. The van der Waals surface area contributed by atoms with Gasteiger partial charge < -0.3 is 13.8 Å². The van der Waals surface area contributed by atoms with Crippen molar-refractivity contribution in [2.24, 2.45) is 0 Å². The van der Waals surface area contributed by atoms with Gasteiger partial charge in [0.2, 0.25) is 0 Å². The average molecular weight is 615 g/mol. The minimum absolute atomic E-state index is 0.0812. The number of hydrogen-bond acceptors (Lipinski definition) is 7. The van der Waals surface area contributed by atoms with Crippen LogP contribution < -0.4 is 4.74 Å². The molecule has 42 heavy (non-hydrogen) atoms. The fourth-order valence-electron chi connectivity index (χ4n) is 5.38. The molecule has 1 aliphatic rings. The maximum atomic E-state index is 13.7. The molecule has 0 N–H and O–H groups in total. The molecular weight excluding hydrogens is 571 g/mol. The van der Waals surface area contributed by atoms with Crippen molar-refractivity contribution in [3.8, 4) is 11.5 Å². The summed E-state index contributed by atoms with van der Waals surface area (Å²) in [5.41, 5.74) is 3.28. The SMILES string of the molecule is CCOP(=O)(OCC)C(CCCc1cccc(Oc2ccccc2Cc2ccccc2)c1)S(=O)(=O)OC1CCCCC1. The van der Waals surface area contributed by atoms with E-state index in [2.05, 4.69) is 18.2 Å². The molecule has 0 saturated heterocycles. The van der Waals surface area contributed by atoms with Crippen molar-refractivity contribution in [1.82, 2.24) is 0 Å². The monoisotopic (exact) mass is 614 g/mol. The molecule has 0 radical (unpaired) electrons. The van der Waals surface area contributed by atoms with Gasteiger partial charge in [0.15, 0.2) is 4.99 Å². The second-order valence-electron chi connectivity index (χ2n) is 10.6. The van der Waals surface area contributed by atoms with E-state index < -0.39 is 22.7 Å². The molecule has 1 saturated carbocycles. The summed E-state index contributed by atoms with van der Waals surface area (Å²) in [5, 5.41) is 0. The molecule has 3 aromatic rings. The highest BCUT2D eigenvalue weighted by molar-refractivity contribution is 7.94. The smallest absolute Gasteiger partial charge is 0.351 e. The lowest BCUT2D eigenvalue weighted by molar-refractivity contribution is 0.158. The van der Waals surface area contributed by atoms with Crippen molar-refractivity contribution < 1.29 is 31.0 Å². The highest BCUT2D eigenvalue weighted by Crippen LogP contribution is 2.57.